The molecule has 0 radical (unpaired) electrons. The molecule has 2 aromatic heterocycles. The first kappa shape index (κ1) is 11.1. The van der Waals surface area contributed by atoms with E-state index in [-0.39, 0.29) is 5.92 Å². The molecule has 0 amide bonds. The molecule has 3 N–H and O–H groups in total. The second kappa shape index (κ2) is 4.63. The Labute approximate surface area is 94.7 Å². The molecule has 2 aromatic rings. The minimum absolute atomic E-state index is 0.0740. The average molecular weight is 219 g/mol. The molecule has 0 bridgehead atoms. The standard InChI is InChI=1S/C12H17N3O/c1-2-9(7-13)12(16)10-8-15-6-4-3-5-11(15)14-10/h3-6,8-9,12,16H,2,7,13H2,1H3. The Kier molecular flexibility index (Phi) is 3.22. The van der Waals surface area contributed by atoms with Gasteiger partial charge in [0.05, 0.1) is 5.69 Å². The van der Waals surface area contributed by atoms with Crippen LogP contribution in [0.4, 0.5) is 0 Å². The van der Waals surface area contributed by atoms with Gasteiger partial charge in [-0.3, -0.25) is 0 Å². The van der Waals surface area contributed by atoms with Gasteiger partial charge in [0.1, 0.15) is 11.8 Å². The normalized spacial score (nSPS) is 15.2. The number of nitrogens with zero attached hydrogens (tertiary/aromatic N) is 2. The summed E-state index contributed by atoms with van der Waals surface area (Å²) in [6, 6.07) is 5.78. The molecule has 4 nitrogen and oxygen atoms in total. The Morgan fingerprint density at radius 3 is 2.94 bits per heavy atom. The molecule has 0 aliphatic rings. The number of aliphatic hydroxyl groups excluding tert-OH is 1. The van der Waals surface area contributed by atoms with Crippen LogP contribution in [0.25, 0.3) is 5.65 Å². The molecular formula is C12H17N3O. The molecule has 0 aromatic carbocycles. The number of hydrogen-bond acceptors (Lipinski definition) is 3. The zero-order valence-corrected chi connectivity index (χ0v) is 9.37. The molecule has 2 heterocycles. The van der Waals surface area contributed by atoms with E-state index in [2.05, 4.69) is 4.98 Å². The van der Waals surface area contributed by atoms with Crippen LogP contribution in [0.1, 0.15) is 25.1 Å². The smallest absolute Gasteiger partial charge is 0.137 e. The number of nitrogens with two attached hydrogens (primary N) is 1. The summed E-state index contributed by atoms with van der Waals surface area (Å²) < 4.78 is 1.90. The van der Waals surface area contributed by atoms with Crippen LogP contribution >= 0.6 is 0 Å². The molecule has 0 fully saturated rings. The van der Waals surface area contributed by atoms with Crippen LogP contribution in [-0.2, 0) is 0 Å². The van der Waals surface area contributed by atoms with Crippen molar-refractivity contribution >= 4 is 5.65 Å². The summed E-state index contributed by atoms with van der Waals surface area (Å²) in [7, 11) is 0. The van der Waals surface area contributed by atoms with Crippen molar-refractivity contribution < 1.29 is 5.11 Å². The number of hydrogen-bond donors (Lipinski definition) is 2. The fourth-order valence-electron chi connectivity index (χ4n) is 1.86. The summed E-state index contributed by atoms with van der Waals surface area (Å²) in [4.78, 5) is 4.39. The summed E-state index contributed by atoms with van der Waals surface area (Å²) >= 11 is 0. The maximum absolute atomic E-state index is 10.1. The zero-order valence-electron chi connectivity index (χ0n) is 9.37. The minimum Gasteiger partial charge on any atom is -0.386 e. The third-order valence-electron chi connectivity index (χ3n) is 2.96. The summed E-state index contributed by atoms with van der Waals surface area (Å²) in [6.07, 6.45) is 4.06. The fraction of sp³-hybridized carbons (Fsp3) is 0.417. The minimum atomic E-state index is -0.574. The predicted octanol–water partition coefficient (Wildman–Crippen LogP) is 1.35. The van der Waals surface area contributed by atoms with Gasteiger partial charge < -0.3 is 15.2 Å². The van der Waals surface area contributed by atoms with Crippen LogP contribution < -0.4 is 5.73 Å². The summed E-state index contributed by atoms with van der Waals surface area (Å²) in [5.74, 6) is 0.0740. The van der Waals surface area contributed by atoms with Crippen LogP contribution in [0.2, 0.25) is 0 Å². The summed E-state index contributed by atoms with van der Waals surface area (Å²) in [6.45, 7) is 2.50. The Morgan fingerprint density at radius 2 is 2.31 bits per heavy atom. The van der Waals surface area contributed by atoms with E-state index in [1.54, 1.807) is 0 Å². The number of rotatable bonds is 4. The Morgan fingerprint density at radius 1 is 1.50 bits per heavy atom. The van der Waals surface area contributed by atoms with E-state index in [0.29, 0.717) is 12.2 Å². The highest BCUT2D eigenvalue weighted by atomic mass is 16.3. The topological polar surface area (TPSA) is 63.5 Å². The quantitative estimate of drug-likeness (QED) is 0.816. The van der Waals surface area contributed by atoms with Crippen molar-refractivity contribution in [1.82, 2.24) is 9.38 Å². The van der Waals surface area contributed by atoms with Gasteiger partial charge in [0.15, 0.2) is 0 Å². The maximum atomic E-state index is 10.1. The average Bonchev–Trinajstić information content (AvgIpc) is 2.74. The van der Waals surface area contributed by atoms with E-state index in [0.717, 1.165) is 12.1 Å². The molecule has 16 heavy (non-hydrogen) atoms. The van der Waals surface area contributed by atoms with E-state index in [4.69, 9.17) is 5.73 Å². The number of aliphatic hydroxyl groups is 1. The van der Waals surface area contributed by atoms with Crippen molar-refractivity contribution in [3.8, 4) is 0 Å². The van der Waals surface area contributed by atoms with Crippen LogP contribution in [0.5, 0.6) is 0 Å². The molecule has 2 unspecified atom stereocenters. The molecule has 86 valence electrons. The van der Waals surface area contributed by atoms with Gasteiger partial charge in [0, 0.05) is 18.3 Å². The highest BCUT2D eigenvalue weighted by molar-refractivity contribution is 5.39. The Balaban J connectivity index is 2.32. The lowest BCUT2D eigenvalue weighted by molar-refractivity contribution is 0.106. The first-order valence-electron chi connectivity index (χ1n) is 5.58. The molecule has 0 aliphatic carbocycles. The third-order valence-corrected chi connectivity index (χ3v) is 2.96. The molecule has 2 atom stereocenters. The van der Waals surface area contributed by atoms with Crippen LogP contribution in [0.3, 0.4) is 0 Å². The van der Waals surface area contributed by atoms with Gasteiger partial charge in [-0.05, 0) is 25.1 Å². The van der Waals surface area contributed by atoms with E-state index in [1.165, 1.54) is 0 Å². The van der Waals surface area contributed by atoms with Crippen molar-refractivity contribution in [3.05, 3.63) is 36.3 Å². The fourth-order valence-corrected chi connectivity index (χ4v) is 1.86. The largest absolute Gasteiger partial charge is 0.386 e. The molecule has 2 rings (SSSR count). The third kappa shape index (κ3) is 1.94. The predicted molar refractivity (Wildman–Crippen MR) is 63.0 cm³/mol. The van der Waals surface area contributed by atoms with E-state index >= 15 is 0 Å². The molecule has 0 saturated heterocycles. The highest BCUT2D eigenvalue weighted by Crippen LogP contribution is 2.23. The molecule has 0 spiro atoms. The van der Waals surface area contributed by atoms with Crippen molar-refractivity contribution in [3.63, 3.8) is 0 Å². The highest BCUT2D eigenvalue weighted by Gasteiger charge is 2.20. The monoisotopic (exact) mass is 219 g/mol. The Bertz CT molecular complexity index is 429. The summed E-state index contributed by atoms with van der Waals surface area (Å²) in [5, 5.41) is 10.1. The van der Waals surface area contributed by atoms with Gasteiger partial charge in [0.25, 0.3) is 0 Å². The van der Waals surface area contributed by atoms with Crippen LogP contribution in [0.15, 0.2) is 30.6 Å². The van der Waals surface area contributed by atoms with Crippen LogP contribution in [0, 0.1) is 5.92 Å². The van der Waals surface area contributed by atoms with Gasteiger partial charge in [-0.15, -0.1) is 0 Å². The van der Waals surface area contributed by atoms with Gasteiger partial charge in [-0.25, -0.2) is 4.98 Å². The van der Waals surface area contributed by atoms with Gasteiger partial charge in [0.2, 0.25) is 0 Å². The molecular weight excluding hydrogens is 202 g/mol. The first-order valence-corrected chi connectivity index (χ1v) is 5.58. The maximum Gasteiger partial charge on any atom is 0.137 e. The van der Waals surface area contributed by atoms with Gasteiger partial charge >= 0.3 is 0 Å². The van der Waals surface area contributed by atoms with Gasteiger partial charge in [-0.1, -0.05) is 13.0 Å². The second-order valence-corrected chi connectivity index (χ2v) is 3.98. The lowest BCUT2D eigenvalue weighted by Crippen LogP contribution is -2.21. The second-order valence-electron chi connectivity index (χ2n) is 3.98. The van der Waals surface area contributed by atoms with E-state index < -0.39 is 6.10 Å². The van der Waals surface area contributed by atoms with Crippen molar-refractivity contribution in [1.29, 1.82) is 0 Å². The molecule has 0 aliphatic heterocycles. The number of pyridine rings is 1. The number of aromatic nitrogens is 2. The van der Waals surface area contributed by atoms with Crippen molar-refractivity contribution in [2.75, 3.05) is 6.54 Å². The molecule has 0 saturated carbocycles. The van der Waals surface area contributed by atoms with Crippen LogP contribution in [-0.4, -0.2) is 21.0 Å². The SMILES string of the molecule is CCC(CN)C(O)c1cn2ccccc2n1. The van der Waals surface area contributed by atoms with E-state index in [1.807, 2.05) is 41.9 Å². The number of fused-ring (bicyclic) bond motifs is 1. The zero-order chi connectivity index (χ0) is 11.5. The van der Waals surface area contributed by atoms with Crippen molar-refractivity contribution in [2.24, 2.45) is 11.7 Å². The molecule has 4 heteroatoms. The van der Waals surface area contributed by atoms with Gasteiger partial charge in [-0.2, -0.15) is 0 Å². The Hall–Kier alpha value is -1.39. The first-order chi connectivity index (χ1) is 7.76. The lowest BCUT2D eigenvalue weighted by atomic mass is 9.98. The summed E-state index contributed by atoms with van der Waals surface area (Å²) in [5.41, 5.74) is 7.17. The van der Waals surface area contributed by atoms with Crippen molar-refractivity contribution in [2.45, 2.75) is 19.4 Å². The lowest BCUT2D eigenvalue weighted by Gasteiger charge is -2.17. The van der Waals surface area contributed by atoms with E-state index in [9.17, 15) is 5.11 Å². The number of imidazole rings is 1.